The molecule has 9 nitrogen and oxygen atoms in total. The first-order valence-electron chi connectivity index (χ1n) is 10.3. The second-order valence-corrected chi connectivity index (χ2v) is 6.91. The second-order valence-electron chi connectivity index (χ2n) is 6.91. The summed E-state index contributed by atoms with van der Waals surface area (Å²) in [7, 11) is 3.24. The lowest BCUT2D eigenvalue weighted by atomic mass is 10.1. The van der Waals surface area contributed by atoms with Crippen LogP contribution < -0.4 is 31.2 Å². The average Bonchev–Trinajstić information content (AvgIpc) is 2.81. The lowest BCUT2D eigenvalue weighted by Gasteiger charge is -2.13. The highest BCUT2D eigenvalue weighted by Gasteiger charge is 2.07. The molecule has 0 aliphatic carbocycles. The maximum Gasteiger partial charge on any atom is 0.251 e. The summed E-state index contributed by atoms with van der Waals surface area (Å²) in [6, 6.07) is 12.9. The van der Waals surface area contributed by atoms with Gasteiger partial charge in [-0.25, -0.2) is 4.99 Å². The van der Waals surface area contributed by atoms with Crippen LogP contribution in [0.25, 0.3) is 0 Å². The maximum absolute atomic E-state index is 11.9. The third-order valence-corrected chi connectivity index (χ3v) is 4.56. The van der Waals surface area contributed by atoms with Crippen LogP contribution in [0.5, 0.6) is 11.5 Å². The lowest BCUT2D eigenvalue weighted by molar-refractivity contribution is -0.117. The van der Waals surface area contributed by atoms with Crippen LogP contribution in [0, 0.1) is 0 Å². The zero-order chi connectivity index (χ0) is 23.3. The fourth-order valence-electron chi connectivity index (χ4n) is 2.90. The Labute approximate surface area is 188 Å². The maximum atomic E-state index is 11.9. The van der Waals surface area contributed by atoms with Gasteiger partial charge in [-0.2, -0.15) is 0 Å². The van der Waals surface area contributed by atoms with Gasteiger partial charge in [0.2, 0.25) is 5.91 Å². The van der Waals surface area contributed by atoms with Crippen molar-refractivity contribution in [1.82, 2.24) is 16.0 Å². The molecule has 172 valence electrons. The minimum absolute atomic E-state index is 0.189. The molecule has 0 radical (unpaired) electrons. The fraction of sp³-hybridized carbons (Fsp3) is 0.348. The van der Waals surface area contributed by atoms with Gasteiger partial charge in [0.1, 0.15) is 0 Å². The zero-order valence-corrected chi connectivity index (χ0v) is 18.7. The summed E-state index contributed by atoms with van der Waals surface area (Å²) in [6.07, 6.45) is 0.792. The molecule has 2 aromatic carbocycles. The van der Waals surface area contributed by atoms with Crippen molar-refractivity contribution in [3.63, 3.8) is 0 Å². The number of nitrogens with zero attached hydrogens (tertiary/aromatic N) is 1. The van der Waals surface area contributed by atoms with Crippen molar-refractivity contribution in [2.24, 2.45) is 10.7 Å². The number of carbonyl (C=O) groups is 2. The minimum atomic E-state index is -0.584. The van der Waals surface area contributed by atoms with Crippen LogP contribution in [0.2, 0.25) is 0 Å². The first-order valence-corrected chi connectivity index (χ1v) is 10.3. The second kappa shape index (κ2) is 12.8. The monoisotopic (exact) mass is 441 g/mol. The van der Waals surface area contributed by atoms with Crippen LogP contribution in [0.15, 0.2) is 47.5 Å². The Hall–Kier alpha value is -3.75. The van der Waals surface area contributed by atoms with Gasteiger partial charge in [-0.3, -0.25) is 9.59 Å². The molecule has 0 bridgehead atoms. The van der Waals surface area contributed by atoms with Crippen molar-refractivity contribution in [2.45, 2.75) is 19.9 Å². The van der Waals surface area contributed by atoms with E-state index in [1.54, 1.807) is 26.4 Å². The topological polar surface area (TPSA) is 127 Å². The van der Waals surface area contributed by atoms with Crippen molar-refractivity contribution in [3.8, 4) is 11.5 Å². The summed E-state index contributed by atoms with van der Waals surface area (Å²) in [5, 5.41) is 9.00. The fourth-order valence-corrected chi connectivity index (χ4v) is 2.90. The van der Waals surface area contributed by atoms with E-state index in [1.807, 2.05) is 37.3 Å². The van der Waals surface area contributed by atoms with Crippen molar-refractivity contribution in [2.75, 3.05) is 33.9 Å². The Kier molecular flexibility index (Phi) is 9.83. The Morgan fingerprint density at radius 1 is 0.938 bits per heavy atom. The molecule has 0 fully saturated rings. The lowest BCUT2D eigenvalue weighted by Crippen LogP contribution is -2.38. The number of carbonyl (C=O) groups excluding carboxylic acids is 2. The molecule has 0 heterocycles. The van der Waals surface area contributed by atoms with Gasteiger partial charge < -0.3 is 31.2 Å². The average molecular weight is 442 g/mol. The number of aliphatic imine (C=N–C) groups is 1. The van der Waals surface area contributed by atoms with Crippen molar-refractivity contribution < 1.29 is 19.1 Å². The van der Waals surface area contributed by atoms with E-state index in [2.05, 4.69) is 20.9 Å². The van der Waals surface area contributed by atoms with Crippen molar-refractivity contribution in [1.29, 1.82) is 0 Å². The predicted octanol–water partition coefficient (Wildman–Crippen LogP) is 1.22. The smallest absolute Gasteiger partial charge is 0.251 e. The van der Waals surface area contributed by atoms with Gasteiger partial charge in [-0.05, 0) is 48.7 Å². The normalized spacial score (nSPS) is 10.9. The molecule has 2 amide bonds. The van der Waals surface area contributed by atoms with Crippen LogP contribution in [0.4, 0.5) is 0 Å². The highest BCUT2D eigenvalue weighted by molar-refractivity contribution is 5.96. The van der Waals surface area contributed by atoms with Gasteiger partial charge in [-0.15, -0.1) is 0 Å². The number of amides is 2. The Balaban J connectivity index is 1.91. The van der Waals surface area contributed by atoms with E-state index in [4.69, 9.17) is 15.2 Å². The molecule has 9 heteroatoms. The van der Waals surface area contributed by atoms with Gasteiger partial charge in [0, 0.05) is 18.7 Å². The van der Waals surface area contributed by atoms with Crippen LogP contribution in [0.1, 0.15) is 28.4 Å². The Morgan fingerprint density at radius 2 is 1.62 bits per heavy atom. The number of hydrogen-bond acceptors (Lipinski definition) is 5. The SMILES string of the molecule is CCNC(=NCc1ccc(C(=O)NCC(N)=O)cc1)NCCc1ccc(OC)c(OC)c1. The predicted molar refractivity (Wildman–Crippen MR) is 124 cm³/mol. The number of hydrogen-bond donors (Lipinski definition) is 4. The summed E-state index contributed by atoms with van der Waals surface area (Å²) in [5.74, 6) is 1.19. The molecule has 5 N–H and O–H groups in total. The molecule has 2 aromatic rings. The van der Waals surface area contributed by atoms with Gasteiger partial charge in [0.05, 0.1) is 27.3 Å². The van der Waals surface area contributed by atoms with Gasteiger partial charge in [-0.1, -0.05) is 18.2 Å². The molecule has 0 aliphatic rings. The minimum Gasteiger partial charge on any atom is -0.493 e. The standard InChI is InChI=1S/C23H31N5O4/c1-4-25-23(26-12-11-16-7-10-19(31-2)20(13-16)32-3)28-14-17-5-8-18(9-6-17)22(30)27-15-21(24)29/h5-10,13H,4,11-12,14-15H2,1-3H3,(H2,24,29)(H,27,30)(H2,25,26,28). The summed E-state index contributed by atoms with van der Waals surface area (Å²) < 4.78 is 10.6. The van der Waals surface area contributed by atoms with E-state index < -0.39 is 5.91 Å². The molecule has 0 saturated heterocycles. The van der Waals surface area contributed by atoms with E-state index in [9.17, 15) is 9.59 Å². The molecule has 0 saturated carbocycles. The third-order valence-electron chi connectivity index (χ3n) is 4.56. The first kappa shape index (κ1) is 24.5. The van der Waals surface area contributed by atoms with Crippen LogP contribution in [-0.2, 0) is 17.8 Å². The molecule has 0 atom stereocenters. The molecule has 0 unspecified atom stereocenters. The van der Waals surface area contributed by atoms with E-state index in [0.717, 1.165) is 24.1 Å². The van der Waals surface area contributed by atoms with Crippen LogP contribution >= 0.6 is 0 Å². The van der Waals surface area contributed by atoms with Crippen LogP contribution in [0.3, 0.4) is 0 Å². The van der Waals surface area contributed by atoms with Crippen LogP contribution in [-0.4, -0.2) is 51.6 Å². The Morgan fingerprint density at radius 3 is 2.25 bits per heavy atom. The van der Waals surface area contributed by atoms with E-state index in [-0.39, 0.29) is 12.5 Å². The molecule has 32 heavy (non-hydrogen) atoms. The Bertz CT molecular complexity index is 928. The molecule has 0 aromatic heterocycles. The highest BCUT2D eigenvalue weighted by atomic mass is 16.5. The number of guanidine groups is 1. The highest BCUT2D eigenvalue weighted by Crippen LogP contribution is 2.27. The van der Waals surface area contributed by atoms with E-state index in [1.165, 1.54) is 0 Å². The third kappa shape index (κ3) is 7.82. The largest absolute Gasteiger partial charge is 0.493 e. The molecular weight excluding hydrogens is 410 g/mol. The summed E-state index contributed by atoms with van der Waals surface area (Å²) in [6.45, 7) is 3.70. The molecule has 0 aliphatic heterocycles. The number of benzene rings is 2. The zero-order valence-electron chi connectivity index (χ0n) is 18.7. The number of nitrogens with one attached hydrogen (secondary N) is 3. The van der Waals surface area contributed by atoms with Crippen molar-refractivity contribution in [3.05, 3.63) is 59.2 Å². The number of rotatable bonds is 11. The summed E-state index contributed by atoms with van der Waals surface area (Å²) in [4.78, 5) is 27.3. The molecular formula is C23H31N5O4. The summed E-state index contributed by atoms with van der Waals surface area (Å²) >= 11 is 0. The number of ether oxygens (including phenoxy) is 2. The number of methoxy groups -OCH3 is 2. The van der Waals surface area contributed by atoms with E-state index >= 15 is 0 Å². The van der Waals surface area contributed by atoms with Gasteiger partial charge in [0.25, 0.3) is 5.91 Å². The number of primary amides is 1. The van der Waals surface area contributed by atoms with E-state index in [0.29, 0.717) is 36.1 Å². The summed E-state index contributed by atoms with van der Waals surface area (Å²) in [5.41, 5.74) is 7.57. The molecule has 0 spiro atoms. The van der Waals surface area contributed by atoms with Gasteiger partial charge in [0.15, 0.2) is 17.5 Å². The van der Waals surface area contributed by atoms with Gasteiger partial charge >= 0.3 is 0 Å². The number of nitrogens with two attached hydrogens (primary N) is 1. The quantitative estimate of drug-likeness (QED) is 0.307. The molecule has 2 rings (SSSR count). The first-order chi connectivity index (χ1) is 15.5. The van der Waals surface area contributed by atoms with Crippen molar-refractivity contribution >= 4 is 17.8 Å².